The number of rotatable bonds is 3. The van der Waals surface area contributed by atoms with E-state index in [-0.39, 0.29) is 83.6 Å². The zero-order chi connectivity index (χ0) is 32.6. The normalized spacial score (nSPS) is 14.1. The summed E-state index contributed by atoms with van der Waals surface area (Å²) < 4.78 is 0. The Kier molecular flexibility index (Phi) is 18.7. The van der Waals surface area contributed by atoms with Crippen LogP contribution in [0.1, 0.15) is 125 Å². The maximum Gasteiger partial charge on any atom is 0.164 e. The van der Waals surface area contributed by atoms with Crippen molar-refractivity contribution in [3.8, 4) is 0 Å². The third kappa shape index (κ3) is 21.5. The molecule has 0 bridgehead atoms. The van der Waals surface area contributed by atoms with Crippen LogP contribution in [0.3, 0.4) is 0 Å². The molecule has 0 fully saturated rings. The number of hydrogen-bond donors (Lipinski definition) is 3. The second kappa shape index (κ2) is 16.4. The van der Waals surface area contributed by atoms with Crippen LogP contribution in [-0.2, 0) is 47.1 Å². The number of hydrogen-bond acceptors (Lipinski definition) is 6. The number of aliphatic hydroxyl groups excluding tert-OH is 3. The van der Waals surface area contributed by atoms with Gasteiger partial charge < -0.3 is 15.3 Å². The number of carbonyl (C=O) groups is 3. The van der Waals surface area contributed by atoms with Crippen molar-refractivity contribution in [2.75, 3.05) is 0 Å². The van der Waals surface area contributed by atoms with Gasteiger partial charge in [-0.05, 0) is 0 Å². The van der Waals surface area contributed by atoms with Crippen LogP contribution in [-0.4, -0.2) is 32.7 Å². The fourth-order valence-electron chi connectivity index (χ4n) is 1.67. The van der Waals surface area contributed by atoms with E-state index < -0.39 is 16.2 Å². The quantitative estimate of drug-likeness (QED) is 0.209. The van der Waals surface area contributed by atoms with Gasteiger partial charge in [-0.2, -0.15) is 0 Å². The number of carbonyl (C=O) groups excluding carboxylic acids is 3. The molecule has 6 nitrogen and oxygen atoms in total. The van der Waals surface area contributed by atoms with Crippen LogP contribution in [0.25, 0.3) is 0 Å². The summed E-state index contributed by atoms with van der Waals surface area (Å²) in [7, 11) is 0. The molecular weight excluding hydrogens is 581 g/mol. The summed E-state index contributed by atoms with van der Waals surface area (Å²) >= 11 is 0. The summed E-state index contributed by atoms with van der Waals surface area (Å²) in [6, 6.07) is 0. The van der Waals surface area contributed by atoms with Gasteiger partial charge >= 0.3 is 0 Å². The maximum absolute atomic E-state index is 11.5. The second-order valence-corrected chi connectivity index (χ2v) is 16.2. The molecule has 231 valence electrons. The zero-order valence-corrected chi connectivity index (χ0v) is 31.7. The third-order valence-corrected chi connectivity index (χ3v) is 5.33. The molecule has 1 radical (unpaired) electrons. The van der Waals surface area contributed by atoms with Gasteiger partial charge in [0.15, 0.2) is 17.3 Å². The largest absolute Gasteiger partial charge is 0.512 e. The van der Waals surface area contributed by atoms with Gasteiger partial charge in [-0.25, -0.2) is 0 Å². The van der Waals surface area contributed by atoms with Crippen LogP contribution in [0.2, 0.25) is 0 Å². The molecular formula is C33H60O6Y. The summed E-state index contributed by atoms with van der Waals surface area (Å²) in [5.41, 5.74) is -2.29. The molecule has 0 aromatic heterocycles. The number of allylic oxidation sites excluding steroid dienone is 6. The molecule has 0 amide bonds. The van der Waals surface area contributed by atoms with Crippen molar-refractivity contribution in [1.82, 2.24) is 0 Å². The molecule has 0 aromatic rings. The first-order valence-corrected chi connectivity index (χ1v) is 13.5. The minimum absolute atomic E-state index is 0. The molecule has 0 aliphatic heterocycles. The van der Waals surface area contributed by atoms with Gasteiger partial charge in [0.05, 0.1) is 0 Å². The van der Waals surface area contributed by atoms with E-state index in [1.807, 2.05) is 125 Å². The first kappa shape index (κ1) is 45.7. The van der Waals surface area contributed by atoms with Crippen LogP contribution in [0.5, 0.6) is 0 Å². The Morgan fingerprint density at radius 3 is 0.550 bits per heavy atom. The Hall–Kier alpha value is -1.27. The molecule has 0 rings (SSSR count). The summed E-state index contributed by atoms with van der Waals surface area (Å²) in [5, 5.41) is 28.7. The van der Waals surface area contributed by atoms with E-state index in [1.54, 1.807) is 0 Å². The zero-order valence-electron chi connectivity index (χ0n) is 28.9. The van der Waals surface area contributed by atoms with Crippen LogP contribution in [0, 0.1) is 32.5 Å². The monoisotopic (exact) mass is 641 g/mol. The van der Waals surface area contributed by atoms with Gasteiger partial charge in [0.1, 0.15) is 17.3 Å². The van der Waals surface area contributed by atoms with E-state index in [1.165, 1.54) is 18.2 Å². The molecule has 0 aromatic carbocycles. The standard InChI is InChI=1S/3C11H20O2.Y/c3*1-10(2,3)8(12)7-9(13)11(4,5)6;/h3*7,12H,1-6H3;/b8-7-;;;. The van der Waals surface area contributed by atoms with Gasteiger partial charge in [-0.1, -0.05) is 125 Å². The van der Waals surface area contributed by atoms with Gasteiger partial charge in [0.2, 0.25) is 0 Å². The number of aliphatic hydroxyl groups is 3. The van der Waals surface area contributed by atoms with E-state index >= 15 is 0 Å². The Balaban J connectivity index is -0.000000240. The van der Waals surface area contributed by atoms with Crippen LogP contribution in [0.15, 0.2) is 35.5 Å². The number of ketones is 3. The maximum atomic E-state index is 11.5. The third-order valence-electron chi connectivity index (χ3n) is 5.33. The van der Waals surface area contributed by atoms with Gasteiger partial charge in [-0.3, -0.25) is 14.4 Å². The second-order valence-electron chi connectivity index (χ2n) is 16.2. The van der Waals surface area contributed by atoms with Crippen LogP contribution >= 0.6 is 0 Å². The van der Waals surface area contributed by atoms with Crippen LogP contribution in [0.4, 0.5) is 0 Å². The topological polar surface area (TPSA) is 112 Å². The molecule has 7 heteroatoms. The van der Waals surface area contributed by atoms with Crippen molar-refractivity contribution in [3.63, 3.8) is 0 Å². The van der Waals surface area contributed by atoms with Crippen molar-refractivity contribution < 1.29 is 62.4 Å². The first-order valence-electron chi connectivity index (χ1n) is 13.5. The molecule has 0 aliphatic rings. The molecule has 3 N–H and O–H groups in total. The van der Waals surface area contributed by atoms with Crippen LogP contribution < -0.4 is 0 Å². The molecule has 0 saturated heterocycles. The summed E-state index contributed by atoms with van der Waals surface area (Å²) in [6.07, 6.45) is 4.00. The molecule has 0 saturated carbocycles. The Morgan fingerprint density at radius 2 is 0.475 bits per heavy atom. The molecule has 40 heavy (non-hydrogen) atoms. The molecule has 0 atom stereocenters. The van der Waals surface area contributed by atoms with Crippen molar-refractivity contribution in [2.45, 2.75) is 125 Å². The van der Waals surface area contributed by atoms with E-state index in [9.17, 15) is 29.7 Å². The predicted octanol–water partition coefficient (Wildman–Crippen LogP) is 9.27. The minimum atomic E-state index is -0.417. The Labute approximate surface area is 271 Å². The van der Waals surface area contributed by atoms with Gasteiger partial charge in [0, 0.05) is 83.4 Å². The van der Waals surface area contributed by atoms with Crippen molar-refractivity contribution >= 4 is 17.3 Å². The summed E-state index contributed by atoms with van der Waals surface area (Å²) in [6.45, 7) is 33.3. The van der Waals surface area contributed by atoms with E-state index in [2.05, 4.69) is 0 Å². The summed E-state index contributed by atoms with van der Waals surface area (Å²) in [4.78, 5) is 34.5. The summed E-state index contributed by atoms with van der Waals surface area (Å²) in [5.74, 6) is 0.312. The smallest absolute Gasteiger partial charge is 0.164 e. The first-order chi connectivity index (χ1) is 16.6. The fraction of sp³-hybridized carbons (Fsp3) is 0.727. The van der Waals surface area contributed by atoms with Crippen molar-refractivity contribution in [1.29, 1.82) is 0 Å². The molecule has 0 unspecified atom stereocenters. The van der Waals surface area contributed by atoms with Crippen molar-refractivity contribution in [2.24, 2.45) is 32.5 Å². The Bertz CT molecular complexity index is 801. The average Bonchev–Trinajstić information content (AvgIpc) is 2.64. The molecule has 0 spiro atoms. The minimum Gasteiger partial charge on any atom is -0.512 e. The van der Waals surface area contributed by atoms with Gasteiger partial charge in [0.25, 0.3) is 0 Å². The Morgan fingerprint density at radius 1 is 0.350 bits per heavy atom. The van der Waals surface area contributed by atoms with Crippen molar-refractivity contribution in [3.05, 3.63) is 35.5 Å². The fourth-order valence-corrected chi connectivity index (χ4v) is 1.67. The van der Waals surface area contributed by atoms with Gasteiger partial charge in [-0.15, -0.1) is 0 Å². The predicted molar refractivity (Wildman–Crippen MR) is 164 cm³/mol. The van der Waals surface area contributed by atoms with E-state index in [0.717, 1.165) is 0 Å². The van der Waals surface area contributed by atoms with E-state index in [0.29, 0.717) is 0 Å². The SMILES string of the molecule is CC(C)(C)C(=O)/C=C(\O)C(C)(C)C.CC(C)(C)C(=O)C=C(O)C(C)(C)C.CC(C)(C)C(=O)C=C(O)C(C)(C)C.[Y]. The van der Waals surface area contributed by atoms with E-state index in [4.69, 9.17) is 0 Å². The molecule has 0 heterocycles. The molecule has 0 aliphatic carbocycles. The average molecular weight is 642 g/mol.